The number of morpholine rings is 1. The summed E-state index contributed by atoms with van der Waals surface area (Å²) in [5, 5.41) is 22.8. The van der Waals surface area contributed by atoms with E-state index in [9.17, 15) is 4.79 Å². The average molecular weight is 352 g/mol. The quantitative estimate of drug-likeness (QED) is 0.804. The van der Waals surface area contributed by atoms with Crippen molar-refractivity contribution >= 4 is 17.4 Å². The fourth-order valence-corrected chi connectivity index (χ4v) is 2.58. The van der Waals surface area contributed by atoms with Gasteiger partial charge in [-0.15, -0.1) is 10.2 Å². The fraction of sp³-hybridized carbons (Fsp3) is 0.333. The number of nitrogens with zero attached hydrogens (tertiary/aromatic N) is 4. The molecule has 8 heteroatoms. The summed E-state index contributed by atoms with van der Waals surface area (Å²) in [6.07, 6.45) is 0. The number of benzene rings is 1. The Balaban J connectivity index is 1.50. The molecule has 1 saturated heterocycles. The van der Waals surface area contributed by atoms with Gasteiger partial charge in [0.1, 0.15) is 0 Å². The largest absolute Gasteiger partial charge is 0.379 e. The Morgan fingerprint density at radius 2 is 2.08 bits per heavy atom. The van der Waals surface area contributed by atoms with Gasteiger partial charge in [0.25, 0.3) is 5.91 Å². The van der Waals surface area contributed by atoms with E-state index in [1.165, 1.54) is 0 Å². The lowest BCUT2D eigenvalue weighted by atomic mass is 10.2. The molecule has 8 nitrogen and oxygen atoms in total. The molecular formula is C18H20N6O2. The SMILES string of the molecule is N#Cc1cccc(Nc2ccc(C(=O)NCCN3CCOCC3)nn2)c1. The van der Waals surface area contributed by atoms with Crippen molar-refractivity contribution in [2.45, 2.75) is 0 Å². The predicted octanol–water partition coefficient (Wildman–Crippen LogP) is 1.15. The van der Waals surface area contributed by atoms with Crippen LogP contribution < -0.4 is 10.6 Å². The van der Waals surface area contributed by atoms with E-state index in [4.69, 9.17) is 10.00 Å². The van der Waals surface area contributed by atoms with Crippen molar-refractivity contribution in [2.75, 3.05) is 44.7 Å². The lowest BCUT2D eigenvalue weighted by Crippen LogP contribution is -2.41. The monoisotopic (exact) mass is 352 g/mol. The molecule has 0 atom stereocenters. The number of ether oxygens (including phenoxy) is 1. The van der Waals surface area contributed by atoms with E-state index in [2.05, 4.69) is 31.8 Å². The molecule has 3 rings (SSSR count). The Labute approximate surface area is 151 Å². The average Bonchev–Trinajstić information content (AvgIpc) is 2.69. The standard InChI is InChI=1S/C18H20N6O2/c19-13-14-2-1-3-15(12-14)21-17-5-4-16(22-23-17)18(25)20-6-7-24-8-10-26-11-9-24/h1-5,12H,6-11H2,(H,20,25)(H,21,23). The number of hydrogen-bond acceptors (Lipinski definition) is 7. The van der Waals surface area contributed by atoms with Crippen LogP contribution in [0.1, 0.15) is 16.1 Å². The molecule has 1 aromatic heterocycles. The van der Waals surface area contributed by atoms with Crippen LogP contribution in [-0.4, -0.2) is 60.4 Å². The first-order valence-electron chi connectivity index (χ1n) is 8.44. The molecule has 1 aliphatic heterocycles. The van der Waals surface area contributed by atoms with Crippen molar-refractivity contribution in [2.24, 2.45) is 0 Å². The van der Waals surface area contributed by atoms with Crippen molar-refractivity contribution in [1.82, 2.24) is 20.4 Å². The molecule has 26 heavy (non-hydrogen) atoms. The van der Waals surface area contributed by atoms with Crippen LogP contribution in [0.4, 0.5) is 11.5 Å². The van der Waals surface area contributed by atoms with Crippen LogP contribution in [0, 0.1) is 11.3 Å². The second-order valence-electron chi connectivity index (χ2n) is 5.83. The summed E-state index contributed by atoms with van der Waals surface area (Å²) in [4.78, 5) is 14.4. The van der Waals surface area contributed by atoms with Gasteiger partial charge in [0.05, 0.1) is 24.8 Å². The van der Waals surface area contributed by atoms with Crippen molar-refractivity contribution in [3.05, 3.63) is 47.7 Å². The fourth-order valence-electron chi connectivity index (χ4n) is 2.58. The number of hydrogen-bond donors (Lipinski definition) is 2. The first-order valence-corrected chi connectivity index (χ1v) is 8.44. The number of anilines is 2. The summed E-state index contributed by atoms with van der Waals surface area (Å²) in [6, 6.07) is 12.4. The Hall–Kier alpha value is -3.02. The van der Waals surface area contributed by atoms with Gasteiger partial charge in [-0.1, -0.05) is 6.07 Å². The van der Waals surface area contributed by atoms with Crippen LogP contribution >= 0.6 is 0 Å². The van der Waals surface area contributed by atoms with Crippen LogP contribution in [0.3, 0.4) is 0 Å². The summed E-state index contributed by atoms with van der Waals surface area (Å²) in [7, 11) is 0. The van der Waals surface area contributed by atoms with E-state index >= 15 is 0 Å². The molecule has 0 unspecified atom stereocenters. The van der Waals surface area contributed by atoms with Crippen molar-refractivity contribution in [3.63, 3.8) is 0 Å². The van der Waals surface area contributed by atoms with Gasteiger partial charge in [-0.2, -0.15) is 5.26 Å². The van der Waals surface area contributed by atoms with Crippen LogP contribution in [0.25, 0.3) is 0 Å². The highest BCUT2D eigenvalue weighted by atomic mass is 16.5. The minimum absolute atomic E-state index is 0.246. The Bertz CT molecular complexity index is 781. The first-order chi connectivity index (χ1) is 12.7. The molecule has 0 radical (unpaired) electrons. The molecule has 1 fully saturated rings. The van der Waals surface area contributed by atoms with E-state index in [1.807, 2.05) is 6.07 Å². The lowest BCUT2D eigenvalue weighted by molar-refractivity contribution is 0.0383. The molecule has 1 aromatic carbocycles. The molecule has 1 amide bonds. The maximum absolute atomic E-state index is 12.1. The maximum atomic E-state index is 12.1. The number of carbonyl (C=O) groups excluding carboxylic acids is 1. The number of nitriles is 1. The van der Waals surface area contributed by atoms with E-state index in [0.717, 1.165) is 38.5 Å². The zero-order chi connectivity index (χ0) is 18.2. The highest BCUT2D eigenvalue weighted by Gasteiger charge is 2.12. The number of aromatic nitrogens is 2. The zero-order valence-corrected chi connectivity index (χ0v) is 14.3. The second-order valence-corrected chi connectivity index (χ2v) is 5.83. The Morgan fingerprint density at radius 1 is 1.23 bits per heavy atom. The Kier molecular flexibility index (Phi) is 6.09. The minimum Gasteiger partial charge on any atom is -0.379 e. The molecule has 2 heterocycles. The van der Waals surface area contributed by atoms with Crippen LogP contribution in [0.5, 0.6) is 0 Å². The summed E-state index contributed by atoms with van der Waals surface area (Å²) in [5.74, 6) is 0.258. The summed E-state index contributed by atoms with van der Waals surface area (Å²) in [5.41, 5.74) is 1.56. The second kappa shape index (κ2) is 8.89. The molecular weight excluding hydrogens is 332 g/mol. The van der Waals surface area contributed by atoms with Crippen LogP contribution in [0.15, 0.2) is 36.4 Å². The van der Waals surface area contributed by atoms with E-state index in [1.54, 1.807) is 30.3 Å². The molecule has 134 valence electrons. The predicted molar refractivity (Wildman–Crippen MR) is 96.1 cm³/mol. The summed E-state index contributed by atoms with van der Waals surface area (Å²) < 4.78 is 5.29. The summed E-state index contributed by atoms with van der Waals surface area (Å²) in [6.45, 7) is 4.61. The highest BCUT2D eigenvalue weighted by molar-refractivity contribution is 5.92. The van der Waals surface area contributed by atoms with Gasteiger partial charge in [0.2, 0.25) is 0 Å². The first kappa shape index (κ1) is 17.8. The minimum atomic E-state index is -0.246. The smallest absolute Gasteiger partial charge is 0.271 e. The number of nitrogens with one attached hydrogen (secondary N) is 2. The zero-order valence-electron chi connectivity index (χ0n) is 14.3. The van der Waals surface area contributed by atoms with Gasteiger partial charge in [-0.05, 0) is 30.3 Å². The number of amides is 1. The molecule has 2 aromatic rings. The van der Waals surface area contributed by atoms with Gasteiger partial charge in [-0.25, -0.2) is 0 Å². The third-order valence-electron chi connectivity index (χ3n) is 3.98. The van der Waals surface area contributed by atoms with E-state index in [-0.39, 0.29) is 11.6 Å². The molecule has 0 saturated carbocycles. The molecule has 0 aliphatic carbocycles. The van der Waals surface area contributed by atoms with Crippen LogP contribution in [-0.2, 0) is 4.74 Å². The molecule has 1 aliphatic rings. The molecule has 0 spiro atoms. The molecule has 0 bridgehead atoms. The maximum Gasteiger partial charge on any atom is 0.271 e. The molecule has 2 N–H and O–H groups in total. The van der Waals surface area contributed by atoms with Gasteiger partial charge >= 0.3 is 0 Å². The van der Waals surface area contributed by atoms with Gasteiger partial charge in [0.15, 0.2) is 11.5 Å². The van der Waals surface area contributed by atoms with Crippen molar-refractivity contribution < 1.29 is 9.53 Å². The third-order valence-corrected chi connectivity index (χ3v) is 3.98. The van der Waals surface area contributed by atoms with Crippen molar-refractivity contribution in [1.29, 1.82) is 5.26 Å². The van der Waals surface area contributed by atoms with Gasteiger partial charge < -0.3 is 15.4 Å². The van der Waals surface area contributed by atoms with Crippen molar-refractivity contribution in [3.8, 4) is 6.07 Å². The van der Waals surface area contributed by atoms with E-state index in [0.29, 0.717) is 17.9 Å². The lowest BCUT2D eigenvalue weighted by Gasteiger charge is -2.26. The summed E-state index contributed by atoms with van der Waals surface area (Å²) >= 11 is 0. The normalized spacial score (nSPS) is 14.4. The third kappa shape index (κ3) is 4.99. The Morgan fingerprint density at radius 3 is 2.81 bits per heavy atom. The van der Waals surface area contributed by atoms with Crippen LogP contribution in [0.2, 0.25) is 0 Å². The number of rotatable bonds is 6. The van der Waals surface area contributed by atoms with E-state index < -0.39 is 0 Å². The topological polar surface area (TPSA) is 103 Å². The number of carbonyl (C=O) groups is 1. The van der Waals surface area contributed by atoms with Gasteiger partial charge in [0, 0.05) is 31.9 Å². The van der Waals surface area contributed by atoms with Gasteiger partial charge in [-0.3, -0.25) is 9.69 Å². The highest BCUT2D eigenvalue weighted by Crippen LogP contribution is 2.15.